The first-order chi connectivity index (χ1) is 10.1. The second-order valence-electron chi connectivity index (χ2n) is 5.80. The fraction of sp³-hybridized carbons (Fsp3) is 0.562. The largest absolute Gasteiger partial charge is 0.336 e. The lowest BCUT2D eigenvalue weighted by Crippen LogP contribution is -2.49. The Morgan fingerprint density at radius 1 is 1.24 bits per heavy atom. The van der Waals surface area contributed by atoms with Crippen molar-refractivity contribution in [3.8, 4) is 0 Å². The average molecular weight is 354 g/mol. The predicted octanol–water partition coefficient (Wildman–Crippen LogP) is 2.16. The van der Waals surface area contributed by atoms with E-state index in [9.17, 15) is 4.79 Å². The van der Waals surface area contributed by atoms with Crippen molar-refractivity contribution in [2.75, 3.05) is 53.4 Å². The molecule has 4 nitrogen and oxygen atoms in total. The number of benzene rings is 1. The number of piperazine rings is 1. The molecular formula is C16H24BrN3O. The van der Waals surface area contributed by atoms with Gasteiger partial charge in [-0.3, -0.25) is 9.69 Å². The quantitative estimate of drug-likeness (QED) is 0.811. The molecule has 1 aromatic carbocycles. The molecule has 1 amide bonds. The van der Waals surface area contributed by atoms with E-state index in [1.165, 1.54) is 6.42 Å². The molecule has 1 heterocycles. The van der Waals surface area contributed by atoms with Gasteiger partial charge in [-0.15, -0.1) is 0 Å². The van der Waals surface area contributed by atoms with Gasteiger partial charge in [0.2, 0.25) is 0 Å². The molecule has 0 bridgehead atoms. The standard InChI is InChI=1S/C16H24BrN3O/c1-18(2)7-4-8-19-9-11-20(12-10-19)16(21)14-5-3-6-15(17)13-14/h3,5-6,13H,4,7-12H2,1-2H3. The predicted molar refractivity (Wildman–Crippen MR) is 89.7 cm³/mol. The fourth-order valence-corrected chi connectivity index (χ4v) is 2.99. The van der Waals surface area contributed by atoms with Gasteiger partial charge in [0.25, 0.3) is 5.91 Å². The Morgan fingerprint density at radius 3 is 2.57 bits per heavy atom. The molecule has 0 N–H and O–H groups in total. The summed E-state index contributed by atoms with van der Waals surface area (Å²) >= 11 is 3.42. The van der Waals surface area contributed by atoms with Gasteiger partial charge in [0.15, 0.2) is 0 Å². The number of halogens is 1. The van der Waals surface area contributed by atoms with E-state index < -0.39 is 0 Å². The molecule has 0 spiro atoms. The number of hydrogen-bond donors (Lipinski definition) is 0. The van der Waals surface area contributed by atoms with Crippen LogP contribution in [-0.2, 0) is 0 Å². The van der Waals surface area contributed by atoms with Crippen molar-refractivity contribution in [1.82, 2.24) is 14.7 Å². The molecule has 1 saturated heterocycles. The van der Waals surface area contributed by atoms with Gasteiger partial charge in [0, 0.05) is 36.2 Å². The van der Waals surface area contributed by atoms with Crippen LogP contribution in [0.5, 0.6) is 0 Å². The van der Waals surface area contributed by atoms with Gasteiger partial charge in [-0.25, -0.2) is 0 Å². The van der Waals surface area contributed by atoms with E-state index in [1.54, 1.807) is 0 Å². The molecule has 0 aromatic heterocycles. The number of carbonyl (C=O) groups is 1. The first-order valence-electron chi connectivity index (χ1n) is 7.48. The second kappa shape index (κ2) is 7.92. The van der Waals surface area contributed by atoms with Crippen LogP contribution in [0.4, 0.5) is 0 Å². The zero-order chi connectivity index (χ0) is 15.2. The normalized spacial score (nSPS) is 16.5. The van der Waals surface area contributed by atoms with Gasteiger partial charge >= 0.3 is 0 Å². The SMILES string of the molecule is CN(C)CCCN1CCN(C(=O)c2cccc(Br)c2)CC1. The molecule has 0 atom stereocenters. The Bertz CT molecular complexity index is 470. The first kappa shape index (κ1) is 16.5. The maximum Gasteiger partial charge on any atom is 0.253 e. The average Bonchev–Trinajstić information content (AvgIpc) is 2.47. The van der Waals surface area contributed by atoms with Crippen molar-refractivity contribution in [3.05, 3.63) is 34.3 Å². The summed E-state index contributed by atoms with van der Waals surface area (Å²) in [5.41, 5.74) is 0.769. The number of rotatable bonds is 5. The minimum Gasteiger partial charge on any atom is -0.336 e. The molecule has 0 radical (unpaired) electrons. The van der Waals surface area contributed by atoms with Crippen molar-refractivity contribution in [2.24, 2.45) is 0 Å². The minimum absolute atomic E-state index is 0.143. The van der Waals surface area contributed by atoms with E-state index in [0.717, 1.165) is 49.3 Å². The maximum atomic E-state index is 12.4. The van der Waals surface area contributed by atoms with E-state index in [1.807, 2.05) is 29.2 Å². The van der Waals surface area contributed by atoms with Crippen molar-refractivity contribution in [2.45, 2.75) is 6.42 Å². The highest BCUT2D eigenvalue weighted by atomic mass is 79.9. The van der Waals surface area contributed by atoms with Crippen LogP contribution in [0.15, 0.2) is 28.7 Å². The van der Waals surface area contributed by atoms with Crippen LogP contribution in [0.3, 0.4) is 0 Å². The summed E-state index contributed by atoms with van der Waals surface area (Å²) in [7, 11) is 4.21. The van der Waals surface area contributed by atoms with E-state index in [4.69, 9.17) is 0 Å². The van der Waals surface area contributed by atoms with E-state index in [2.05, 4.69) is 39.8 Å². The molecule has 2 rings (SSSR count). The third kappa shape index (κ3) is 5.09. The second-order valence-corrected chi connectivity index (χ2v) is 6.72. The lowest BCUT2D eigenvalue weighted by Gasteiger charge is -2.35. The topological polar surface area (TPSA) is 26.8 Å². The number of amides is 1. The van der Waals surface area contributed by atoms with Crippen molar-refractivity contribution in [3.63, 3.8) is 0 Å². The molecule has 5 heteroatoms. The third-order valence-electron chi connectivity index (χ3n) is 3.81. The number of hydrogen-bond acceptors (Lipinski definition) is 3. The summed E-state index contributed by atoms with van der Waals surface area (Å²) in [6.07, 6.45) is 1.19. The zero-order valence-corrected chi connectivity index (χ0v) is 14.5. The van der Waals surface area contributed by atoms with Crippen LogP contribution >= 0.6 is 15.9 Å². The molecular weight excluding hydrogens is 330 g/mol. The number of carbonyl (C=O) groups excluding carboxylic acids is 1. The minimum atomic E-state index is 0.143. The Balaban J connectivity index is 1.79. The van der Waals surface area contributed by atoms with Crippen LogP contribution in [-0.4, -0.2) is 74.0 Å². The molecule has 1 aromatic rings. The zero-order valence-electron chi connectivity index (χ0n) is 12.9. The van der Waals surface area contributed by atoms with Gasteiger partial charge in [-0.05, 0) is 51.8 Å². The van der Waals surface area contributed by atoms with E-state index in [-0.39, 0.29) is 5.91 Å². The molecule has 1 fully saturated rings. The highest BCUT2D eigenvalue weighted by Gasteiger charge is 2.21. The maximum absolute atomic E-state index is 12.4. The van der Waals surface area contributed by atoms with E-state index >= 15 is 0 Å². The molecule has 0 saturated carbocycles. The van der Waals surface area contributed by atoms with Crippen LogP contribution in [0.2, 0.25) is 0 Å². The van der Waals surface area contributed by atoms with Crippen LogP contribution in [0, 0.1) is 0 Å². The Labute approximate surface area is 135 Å². The highest BCUT2D eigenvalue weighted by molar-refractivity contribution is 9.10. The monoisotopic (exact) mass is 353 g/mol. The van der Waals surface area contributed by atoms with Crippen molar-refractivity contribution in [1.29, 1.82) is 0 Å². The van der Waals surface area contributed by atoms with Gasteiger partial charge in [0.05, 0.1) is 0 Å². The Hall–Kier alpha value is -0.910. The molecule has 21 heavy (non-hydrogen) atoms. The van der Waals surface area contributed by atoms with Crippen LogP contribution < -0.4 is 0 Å². The van der Waals surface area contributed by atoms with Gasteiger partial charge in [0.1, 0.15) is 0 Å². The van der Waals surface area contributed by atoms with Crippen LogP contribution in [0.25, 0.3) is 0 Å². The summed E-state index contributed by atoms with van der Waals surface area (Å²) < 4.78 is 0.954. The third-order valence-corrected chi connectivity index (χ3v) is 4.30. The summed E-state index contributed by atoms with van der Waals surface area (Å²) in [5, 5.41) is 0. The highest BCUT2D eigenvalue weighted by Crippen LogP contribution is 2.14. The van der Waals surface area contributed by atoms with E-state index in [0.29, 0.717) is 0 Å². The van der Waals surface area contributed by atoms with Crippen molar-refractivity contribution < 1.29 is 4.79 Å². The first-order valence-corrected chi connectivity index (χ1v) is 8.27. The smallest absolute Gasteiger partial charge is 0.253 e. The Morgan fingerprint density at radius 2 is 1.95 bits per heavy atom. The van der Waals surface area contributed by atoms with Gasteiger partial charge < -0.3 is 9.80 Å². The Kier molecular flexibility index (Phi) is 6.21. The summed E-state index contributed by atoms with van der Waals surface area (Å²) in [4.78, 5) is 19.1. The van der Waals surface area contributed by atoms with Crippen molar-refractivity contribution >= 4 is 21.8 Å². The molecule has 0 aliphatic carbocycles. The lowest BCUT2D eigenvalue weighted by atomic mass is 10.2. The molecule has 1 aliphatic rings. The molecule has 1 aliphatic heterocycles. The fourth-order valence-electron chi connectivity index (χ4n) is 2.59. The summed E-state index contributed by atoms with van der Waals surface area (Å²) in [5.74, 6) is 0.143. The number of nitrogens with zero attached hydrogens (tertiary/aromatic N) is 3. The van der Waals surface area contributed by atoms with Gasteiger partial charge in [-0.2, -0.15) is 0 Å². The lowest BCUT2D eigenvalue weighted by molar-refractivity contribution is 0.0633. The summed E-state index contributed by atoms with van der Waals surface area (Å²) in [6, 6.07) is 7.64. The van der Waals surface area contributed by atoms with Gasteiger partial charge in [-0.1, -0.05) is 22.0 Å². The summed E-state index contributed by atoms with van der Waals surface area (Å²) in [6.45, 7) is 5.86. The molecule has 0 unspecified atom stereocenters. The van der Waals surface area contributed by atoms with Crippen LogP contribution in [0.1, 0.15) is 16.8 Å². The molecule has 116 valence electrons.